The van der Waals surface area contributed by atoms with Gasteiger partial charge in [0.15, 0.2) is 10.8 Å². The number of benzene rings is 2. The zero-order chi connectivity index (χ0) is 22.1. The SMILES string of the molecule is CCOc1ccc(NC(=O)C(C)Sc2nnc3cc(C)c4cc(C)cc(C)c4n23)cc1. The third kappa shape index (κ3) is 4.23. The lowest BCUT2D eigenvalue weighted by atomic mass is 10.0. The predicted octanol–water partition coefficient (Wildman–Crippen LogP) is 5.33. The summed E-state index contributed by atoms with van der Waals surface area (Å²) in [4.78, 5) is 12.8. The Balaban J connectivity index is 1.60. The average molecular weight is 435 g/mol. The Morgan fingerprint density at radius 2 is 1.84 bits per heavy atom. The van der Waals surface area contributed by atoms with Crippen LogP contribution in [0.4, 0.5) is 5.69 Å². The van der Waals surface area contributed by atoms with Gasteiger partial charge in [0, 0.05) is 11.1 Å². The van der Waals surface area contributed by atoms with Crippen molar-refractivity contribution >= 4 is 39.9 Å². The maximum Gasteiger partial charge on any atom is 0.237 e. The minimum Gasteiger partial charge on any atom is -0.494 e. The minimum absolute atomic E-state index is 0.0881. The summed E-state index contributed by atoms with van der Waals surface area (Å²) in [7, 11) is 0. The van der Waals surface area contributed by atoms with E-state index < -0.39 is 0 Å². The van der Waals surface area contributed by atoms with E-state index in [1.54, 1.807) is 0 Å². The average Bonchev–Trinajstić information content (AvgIpc) is 3.11. The molecule has 1 amide bonds. The standard InChI is InChI=1S/C24H26N4O2S/c1-6-30-19-9-7-18(8-10-19)25-23(29)17(5)31-24-27-26-21-13-15(3)20-12-14(2)11-16(4)22(20)28(21)24/h7-13,17H,6H2,1-5H3,(H,25,29). The van der Waals surface area contributed by atoms with E-state index in [1.165, 1.54) is 28.3 Å². The highest BCUT2D eigenvalue weighted by atomic mass is 32.2. The maximum atomic E-state index is 12.8. The quantitative estimate of drug-likeness (QED) is 0.416. The van der Waals surface area contributed by atoms with E-state index in [0.29, 0.717) is 11.8 Å². The molecule has 160 valence electrons. The Kier molecular flexibility index (Phi) is 5.87. The third-order valence-electron chi connectivity index (χ3n) is 5.18. The van der Waals surface area contributed by atoms with E-state index in [-0.39, 0.29) is 11.2 Å². The van der Waals surface area contributed by atoms with Crippen LogP contribution in [0, 0.1) is 20.8 Å². The van der Waals surface area contributed by atoms with Crippen LogP contribution in [-0.2, 0) is 4.79 Å². The number of pyridine rings is 1. The first-order valence-electron chi connectivity index (χ1n) is 10.3. The minimum atomic E-state index is -0.346. The number of carbonyl (C=O) groups is 1. The zero-order valence-electron chi connectivity index (χ0n) is 18.4. The number of nitrogens with zero attached hydrogens (tertiary/aromatic N) is 3. The van der Waals surface area contributed by atoms with E-state index in [9.17, 15) is 4.79 Å². The molecule has 0 radical (unpaired) electrons. The fourth-order valence-corrected chi connectivity index (χ4v) is 4.61. The Bertz CT molecular complexity index is 1260. The van der Waals surface area contributed by atoms with Gasteiger partial charge in [-0.25, -0.2) is 0 Å². The molecule has 0 spiro atoms. The molecule has 0 fully saturated rings. The van der Waals surface area contributed by atoms with Crippen LogP contribution in [0.25, 0.3) is 16.6 Å². The van der Waals surface area contributed by atoms with Crippen molar-refractivity contribution in [2.75, 3.05) is 11.9 Å². The van der Waals surface area contributed by atoms with E-state index in [0.717, 1.165) is 28.2 Å². The summed E-state index contributed by atoms with van der Waals surface area (Å²) in [5, 5.41) is 13.3. The molecule has 31 heavy (non-hydrogen) atoms. The van der Waals surface area contributed by atoms with Crippen molar-refractivity contribution < 1.29 is 9.53 Å². The molecular formula is C24H26N4O2S. The van der Waals surface area contributed by atoms with Crippen molar-refractivity contribution in [1.82, 2.24) is 14.6 Å². The predicted molar refractivity (Wildman–Crippen MR) is 126 cm³/mol. The van der Waals surface area contributed by atoms with E-state index in [2.05, 4.69) is 52.8 Å². The molecule has 6 nitrogen and oxygen atoms in total. The molecule has 0 aliphatic heterocycles. The van der Waals surface area contributed by atoms with Gasteiger partial charge >= 0.3 is 0 Å². The Hall–Kier alpha value is -3.06. The van der Waals surface area contributed by atoms with Gasteiger partial charge in [-0.2, -0.15) is 0 Å². The van der Waals surface area contributed by atoms with E-state index in [1.807, 2.05) is 44.2 Å². The molecule has 2 aromatic heterocycles. The second kappa shape index (κ2) is 8.59. The summed E-state index contributed by atoms with van der Waals surface area (Å²) >= 11 is 1.40. The molecule has 1 N–H and O–H groups in total. The van der Waals surface area contributed by atoms with Gasteiger partial charge in [0.1, 0.15) is 5.75 Å². The van der Waals surface area contributed by atoms with Crippen LogP contribution in [0.2, 0.25) is 0 Å². The number of anilines is 1. The van der Waals surface area contributed by atoms with Crippen molar-refractivity contribution in [2.45, 2.75) is 45.0 Å². The molecule has 0 saturated carbocycles. The van der Waals surface area contributed by atoms with Crippen LogP contribution in [0.15, 0.2) is 47.6 Å². The van der Waals surface area contributed by atoms with Crippen LogP contribution in [0.1, 0.15) is 30.5 Å². The van der Waals surface area contributed by atoms with Crippen molar-refractivity contribution in [2.24, 2.45) is 0 Å². The number of rotatable bonds is 6. The number of carbonyl (C=O) groups excluding carboxylic acids is 1. The second-order valence-corrected chi connectivity index (χ2v) is 9.00. The first-order valence-corrected chi connectivity index (χ1v) is 11.2. The van der Waals surface area contributed by atoms with Crippen LogP contribution in [0.3, 0.4) is 0 Å². The molecule has 2 aromatic carbocycles. The van der Waals surface area contributed by atoms with Gasteiger partial charge in [-0.15, -0.1) is 10.2 Å². The monoisotopic (exact) mass is 434 g/mol. The van der Waals surface area contributed by atoms with Crippen LogP contribution in [0.5, 0.6) is 5.75 Å². The lowest BCUT2D eigenvalue weighted by molar-refractivity contribution is -0.115. The largest absolute Gasteiger partial charge is 0.494 e. The van der Waals surface area contributed by atoms with Crippen molar-refractivity contribution in [3.8, 4) is 5.75 Å². The maximum absolute atomic E-state index is 12.8. The normalized spacial score (nSPS) is 12.3. The molecule has 0 aliphatic rings. The molecule has 1 atom stereocenters. The first kappa shape index (κ1) is 21.2. The number of nitrogens with one attached hydrogen (secondary N) is 1. The number of thioether (sulfide) groups is 1. The fraction of sp³-hybridized carbons (Fsp3) is 0.292. The highest BCUT2D eigenvalue weighted by Crippen LogP contribution is 2.31. The van der Waals surface area contributed by atoms with Crippen LogP contribution in [-0.4, -0.2) is 32.4 Å². The molecular weight excluding hydrogens is 408 g/mol. The van der Waals surface area contributed by atoms with Gasteiger partial charge < -0.3 is 10.1 Å². The number of ether oxygens (including phenoxy) is 1. The van der Waals surface area contributed by atoms with Crippen molar-refractivity contribution in [3.63, 3.8) is 0 Å². The zero-order valence-corrected chi connectivity index (χ0v) is 19.2. The van der Waals surface area contributed by atoms with E-state index >= 15 is 0 Å². The summed E-state index contributed by atoms with van der Waals surface area (Å²) in [5.74, 6) is 0.695. The van der Waals surface area contributed by atoms with Gasteiger partial charge in [-0.1, -0.05) is 23.4 Å². The van der Waals surface area contributed by atoms with Gasteiger partial charge in [0.05, 0.1) is 17.4 Å². The Labute approximate surface area is 186 Å². The number of hydrogen-bond donors (Lipinski definition) is 1. The topological polar surface area (TPSA) is 68.5 Å². The Morgan fingerprint density at radius 3 is 2.55 bits per heavy atom. The van der Waals surface area contributed by atoms with Crippen LogP contribution < -0.4 is 10.1 Å². The number of aromatic nitrogens is 3. The molecule has 1 unspecified atom stereocenters. The van der Waals surface area contributed by atoms with Crippen LogP contribution >= 0.6 is 11.8 Å². The molecule has 4 rings (SSSR count). The van der Waals surface area contributed by atoms with Crippen molar-refractivity contribution in [3.05, 3.63) is 59.2 Å². The summed E-state index contributed by atoms with van der Waals surface area (Å²) in [6, 6.07) is 13.8. The third-order valence-corrected chi connectivity index (χ3v) is 6.22. The lowest BCUT2D eigenvalue weighted by Crippen LogP contribution is -2.22. The fourth-order valence-electron chi connectivity index (χ4n) is 3.75. The van der Waals surface area contributed by atoms with Gasteiger partial charge in [0.2, 0.25) is 5.91 Å². The van der Waals surface area contributed by atoms with Gasteiger partial charge in [-0.3, -0.25) is 9.20 Å². The second-order valence-electron chi connectivity index (χ2n) is 7.69. The summed E-state index contributed by atoms with van der Waals surface area (Å²) in [6.45, 7) is 10.7. The van der Waals surface area contributed by atoms with Gasteiger partial charge in [-0.05, 0) is 82.1 Å². The van der Waals surface area contributed by atoms with E-state index in [4.69, 9.17) is 4.74 Å². The summed E-state index contributed by atoms with van der Waals surface area (Å²) < 4.78 is 7.51. The summed E-state index contributed by atoms with van der Waals surface area (Å²) in [6.07, 6.45) is 0. The lowest BCUT2D eigenvalue weighted by Gasteiger charge is -2.14. The number of amides is 1. The smallest absolute Gasteiger partial charge is 0.237 e. The number of aryl methyl sites for hydroxylation is 3. The molecule has 0 saturated heterocycles. The molecule has 0 aliphatic carbocycles. The highest BCUT2D eigenvalue weighted by Gasteiger charge is 2.20. The van der Waals surface area contributed by atoms with Crippen molar-refractivity contribution in [1.29, 1.82) is 0 Å². The highest BCUT2D eigenvalue weighted by molar-refractivity contribution is 8.00. The molecule has 4 aromatic rings. The molecule has 0 bridgehead atoms. The molecule has 2 heterocycles. The molecule has 7 heteroatoms. The first-order chi connectivity index (χ1) is 14.9. The van der Waals surface area contributed by atoms with Gasteiger partial charge in [0.25, 0.3) is 0 Å². The Morgan fingerprint density at radius 1 is 1.10 bits per heavy atom. The number of hydrogen-bond acceptors (Lipinski definition) is 5. The summed E-state index contributed by atoms with van der Waals surface area (Å²) in [5.41, 5.74) is 6.17. The number of fused-ring (bicyclic) bond motifs is 3.